The van der Waals surface area contributed by atoms with Crippen molar-refractivity contribution in [1.29, 1.82) is 0 Å². The summed E-state index contributed by atoms with van der Waals surface area (Å²) in [6.45, 7) is 2.76. The van der Waals surface area contributed by atoms with Gasteiger partial charge in [0.05, 0.1) is 6.61 Å². The van der Waals surface area contributed by atoms with Crippen LogP contribution < -0.4 is 14.2 Å². The minimum absolute atomic E-state index is 0.0171. The Morgan fingerprint density at radius 1 is 1.08 bits per heavy atom. The SMILES string of the molecule is CN1CCOC(C(Oc2ccc3c(c2)OCO3)c2ccccc2)C1. The fraction of sp³-hybridized carbons (Fsp3) is 0.368. The number of morpholine rings is 1. The van der Waals surface area contributed by atoms with Crippen LogP contribution in [0.2, 0.25) is 0 Å². The van der Waals surface area contributed by atoms with Crippen molar-refractivity contribution in [3.05, 3.63) is 54.1 Å². The Balaban J connectivity index is 1.60. The highest BCUT2D eigenvalue weighted by Crippen LogP contribution is 2.37. The molecule has 0 aromatic heterocycles. The molecule has 5 nitrogen and oxygen atoms in total. The van der Waals surface area contributed by atoms with E-state index in [-0.39, 0.29) is 19.0 Å². The molecular formula is C19H21NO4. The number of hydrogen-bond donors (Lipinski definition) is 0. The Kier molecular flexibility index (Phi) is 4.28. The first-order valence-corrected chi connectivity index (χ1v) is 8.21. The van der Waals surface area contributed by atoms with Gasteiger partial charge in [-0.15, -0.1) is 0 Å². The Hall–Kier alpha value is -2.24. The van der Waals surface area contributed by atoms with Crippen LogP contribution in [0.15, 0.2) is 48.5 Å². The summed E-state index contributed by atoms with van der Waals surface area (Å²) in [4.78, 5) is 2.27. The maximum atomic E-state index is 6.33. The van der Waals surface area contributed by atoms with Gasteiger partial charge in [0.25, 0.3) is 0 Å². The Morgan fingerprint density at radius 3 is 2.75 bits per heavy atom. The number of nitrogens with zero attached hydrogens (tertiary/aromatic N) is 1. The van der Waals surface area contributed by atoms with Crippen molar-refractivity contribution in [1.82, 2.24) is 4.90 Å². The van der Waals surface area contributed by atoms with Crippen molar-refractivity contribution in [3.63, 3.8) is 0 Å². The van der Waals surface area contributed by atoms with E-state index in [1.54, 1.807) is 0 Å². The molecule has 1 fully saturated rings. The van der Waals surface area contributed by atoms with Gasteiger partial charge in [-0.25, -0.2) is 0 Å². The number of ether oxygens (including phenoxy) is 4. The van der Waals surface area contributed by atoms with E-state index in [9.17, 15) is 0 Å². The van der Waals surface area contributed by atoms with E-state index >= 15 is 0 Å². The Morgan fingerprint density at radius 2 is 1.92 bits per heavy atom. The quantitative estimate of drug-likeness (QED) is 0.863. The van der Waals surface area contributed by atoms with E-state index in [2.05, 4.69) is 24.1 Å². The summed E-state index contributed by atoms with van der Waals surface area (Å²) < 4.78 is 23.1. The molecule has 2 aliphatic heterocycles. The lowest BCUT2D eigenvalue weighted by molar-refractivity contribution is -0.0760. The van der Waals surface area contributed by atoms with Gasteiger partial charge in [0.1, 0.15) is 11.9 Å². The number of likely N-dealkylation sites (N-methyl/N-ethyl adjacent to an activating group) is 1. The molecule has 24 heavy (non-hydrogen) atoms. The number of benzene rings is 2. The molecule has 0 N–H and O–H groups in total. The van der Waals surface area contributed by atoms with Gasteiger partial charge in [0, 0.05) is 19.2 Å². The van der Waals surface area contributed by atoms with Crippen molar-refractivity contribution >= 4 is 0 Å². The zero-order valence-electron chi connectivity index (χ0n) is 13.7. The highest BCUT2D eigenvalue weighted by molar-refractivity contribution is 5.47. The highest BCUT2D eigenvalue weighted by Gasteiger charge is 2.30. The number of fused-ring (bicyclic) bond motifs is 1. The highest BCUT2D eigenvalue weighted by atomic mass is 16.7. The van der Waals surface area contributed by atoms with Crippen LogP contribution in [0.1, 0.15) is 11.7 Å². The molecule has 126 valence electrons. The van der Waals surface area contributed by atoms with Crippen molar-refractivity contribution < 1.29 is 18.9 Å². The van der Waals surface area contributed by atoms with E-state index in [0.717, 1.165) is 42.5 Å². The van der Waals surface area contributed by atoms with Gasteiger partial charge in [0.2, 0.25) is 6.79 Å². The lowest BCUT2D eigenvalue weighted by atomic mass is 10.0. The molecule has 2 unspecified atom stereocenters. The van der Waals surface area contributed by atoms with Crippen LogP contribution in [0, 0.1) is 0 Å². The Labute approximate surface area is 141 Å². The molecule has 0 bridgehead atoms. The van der Waals surface area contributed by atoms with E-state index in [1.807, 2.05) is 36.4 Å². The fourth-order valence-corrected chi connectivity index (χ4v) is 3.09. The topological polar surface area (TPSA) is 40.2 Å². The second kappa shape index (κ2) is 6.71. The monoisotopic (exact) mass is 327 g/mol. The molecule has 0 aliphatic carbocycles. The minimum atomic E-state index is -0.172. The fourth-order valence-electron chi connectivity index (χ4n) is 3.09. The molecule has 0 amide bonds. The zero-order chi connectivity index (χ0) is 16.4. The summed E-state index contributed by atoms with van der Waals surface area (Å²) in [5.74, 6) is 2.23. The van der Waals surface area contributed by atoms with Gasteiger partial charge in [-0.2, -0.15) is 0 Å². The van der Waals surface area contributed by atoms with Gasteiger partial charge in [-0.05, 0) is 24.7 Å². The van der Waals surface area contributed by atoms with Crippen LogP contribution in [-0.4, -0.2) is 44.5 Å². The van der Waals surface area contributed by atoms with E-state index in [0.29, 0.717) is 0 Å². The second-order valence-corrected chi connectivity index (χ2v) is 6.14. The summed E-state index contributed by atoms with van der Waals surface area (Å²) in [6, 6.07) is 15.9. The van der Waals surface area contributed by atoms with Gasteiger partial charge >= 0.3 is 0 Å². The molecule has 2 aromatic rings. The predicted molar refractivity (Wildman–Crippen MR) is 89.6 cm³/mol. The summed E-state index contributed by atoms with van der Waals surface area (Å²) in [5, 5.41) is 0. The van der Waals surface area contributed by atoms with E-state index < -0.39 is 0 Å². The van der Waals surface area contributed by atoms with Crippen LogP contribution in [0.4, 0.5) is 0 Å². The Bertz CT molecular complexity index is 691. The first kappa shape index (κ1) is 15.3. The molecule has 0 radical (unpaired) electrons. The van der Waals surface area contributed by atoms with E-state index in [1.165, 1.54) is 0 Å². The minimum Gasteiger partial charge on any atom is -0.483 e. The number of rotatable bonds is 4. The van der Waals surface area contributed by atoms with Crippen LogP contribution in [0.3, 0.4) is 0 Å². The standard InChI is InChI=1S/C19H21NO4/c1-20-9-10-21-18(12-20)19(14-5-3-2-4-6-14)24-15-7-8-16-17(11-15)23-13-22-16/h2-8,11,18-19H,9-10,12-13H2,1H3. The summed E-state index contributed by atoms with van der Waals surface area (Å²) in [6.07, 6.45) is -0.189. The van der Waals surface area contributed by atoms with Gasteiger partial charge in [-0.1, -0.05) is 30.3 Å². The van der Waals surface area contributed by atoms with Crippen LogP contribution in [0.5, 0.6) is 17.2 Å². The average molecular weight is 327 g/mol. The van der Waals surface area contributed by atoms with Crippen LogP contribution in [-0.2, 0) is 4.74 Å². The maximum Gasteiger partial charge on any atom is 0.231 e. The second-order valence-electron chi connectivity index (χ2n) is 6.14. The van der Waals surface area contributed by atoms with Gasteiger partial charge < -0.3 is 23.8 Å². The number of hydrogen-bond acceptors (Lipinski definition) is 5. The first-order valence-electron chi connectivity index (χ1n) is 8.21. The first-order chi connectivity index (χ1) is 11.8. The zero-order valence-corrected chi connectivity index (χ0v) is 13.7. The molecule has 4 rings (SSSR count). The van der Waals surface area contributed by atoms with Gasteiger partial charge in [-0.3, -0.25) is 0 Å². The summed E-state index contributed by atoms with van der Waals surface area (Å²) >= 11 is 0. The van der Waals surface area contributed by atoms with E-state index in [4.69, 9.17) is 18.9 Å². The largest absolute Gasteiger partial charge is 0.483 e. The summed E-state index contributed by atoms with van der Waals surface area (Å²) in [5.41, 5.74) is 1.11. The molecular weight excluding hydrogens is 306 g/mol. The lowest BCUT2D eigenvalue weighted by Crippen LogP contribution is -2.44. The van der Waals surface area contributed by atoms with Gasteiger partial charge in [0.15, 0.2) is 17.6 Å². The van der Waals surface area contributed by atoms with Crippen molar-refractivity contribution in [2.24, 2.45) is 0 Å². The molecule has 2 heterocycles. The third kappa shape index (κ3) is 3.18. The van der Waals surface area contributed by atoms with Crippen molar-refractivity contribution in [2.75, 3.05) is 33.5 Å². The molecule has 2 atom stereocenters. The molecule has 0 saturated carbocycles. The maximum absolute atomic E-state index is 6.33. The molecule has 2 aromatic carbocycles. The van der Waals surface area contributed by atoms with Crippen LogP contribution >= 0.6 is 0 Å². The normalized spacial score (nSPS) is 21.5. The molecule has 1 saturated heterocycles. The lowest BCUT2D eigenvalue weighted by Gasteiger charge is -2.35. The molecule has 0 spiro atoms. The van der Waals surface area contributed by atoms with Crippen molar-refractivity contribution in [2.45, 2.75) is 12.2 Å². The summed E-state index contributed by atoms with van der Waals surface area (Å²) in [7, 11) is 2.11. The molecule has 2 aliphatic rings. The van der Waals surface area contributed by atoms with Crippen molar-refractivity contribution in [3.8, 4) is 17.2 Å². The predicted octanol–water partition coefficient (Wildman–Crippen LogP) is 2.87. The average Bonchev–Trinajstić information content (AvgIpc) is 3.08. The molecule has 5 heteroatoms. The third-order valence-electron chi connectivity index (χ3n) is 4.37. The smallest absolute Gasteiger partial charge is 0.231 e. The third-order valence-corrected chi connectivity index (χ3v) is 4.37. The van der Waals surface area contributed by atoms with Crippen LogP contribution in [0.25, 0.3) is 0 Å².